The van der Waals surface area contributed by atoms with Crippen molar-refractivity contribution < 1.29 is 18.8 Å². The first kappa shape index (κ1) is 21.3. The largest absolute Gasteiger partial charge is 0.342 e. The lowest BCUT2D eigenvalue weighted by atomic mass is 9.80. The molecule has 1 unspecified atom stereocenters. The van der Waals surface area contributed by atoms with E-state index < -0.39 is 11.6 Å². The Balaban J connectivity index is 1.76. The third-order valence-corrected chi connectivity index (χ3v) is 5.93. The normalized spacial score (nSPS) is 21.6. The van der Waals surface area contributed by atoms with E-state index in [1.807, 2.05) is 20.8 Å². The summed E-state index contributed by atoms with van der Waals surface area (Å²) in [6.45, 7) is 7.36. The second-order valence-electron chi connectivity index (χ2n) is 8.48. The molecule has 2 aliphatic rings. The van der Waals surface area contributed by atoms with E-state index in [0.29, 0.717) is 50.4 Å². The molecule has 3 amide bonds. The highest BCUT2D eigenvalue weighted by molar-refractivity contribution is 6.00. The predicted octanol–water partition coefficient (Wildman–Crippen LogP) is 2.58. The summed E-state index contributed by atoms with van der Waals surface area (Å²) in [6.07, 6.45) is 2.21. The van der Waals surface area contributed by atoms with Crippen LogP contribution < -0.4 is 5.32 Å². The summed E-state index contributed by atoms with van der Waals surface area (Å²) in [5.41, 5.74) is -0.464. The highest BCUT2D eigenvalue weighted by atomic mass is 19.1. The van der Waals surface area contributed by atoms with Gasteiger partial charge in [-0.1, -0.05) is 20.8 Å². The van der Waals surface area contributed by atoms with Crippen LogP contribution in [0.5, 0.6) is 0 Å². The first-order valence-electron chi connectivity index (χ1n) is 10.5. The minimum atomic E-state index is -0.889. The fourth-order valence-electron chi connectivity index (χ4n) is 4.41. The fourth-order valence-corrected chi connectivity index (χ4v) is 4.41. The van der Waals surface area contributed by atoms with Crippen molar-refractivity contribution in [1.82, 2.24) is 15.1 Å². The van der Waals surface area contributed by atoms with Gasteiger partial charge in [0.05, 0.1) is 0 Å². The van der Waals surface area contributed by atoms with Gasteiger partial charge in [0.15, 0.2) is 0 Å². The maximum absolute atomic E-state index is 13.1. The molecular formula is C22H30FN3O3. The Hall–Kier alpha value is -2.44. The van der Waals surface area contributed by atoms with Crippen LogP contribution in [0.4, 0.5) is 4.39 Å². The molecule has 2 aliphatic heterocycles. The number of amides is 3. The maximum Gasteiger partial charge on any atom is 0.253 e. The summed E-state index contributed by atoms with van der Waals surface area (Å²) in [4.78, 5) is 42.4. The first-order valence-corrected chi connectivity index (χ1v) is 10.5. The van der Waals surface area contributed by atoms with E-state index in [9.17, 15) is 18.8 Å². The second kappa shape index (κ2) is 8.51. The molecule has 0 radical (unpaired) electrons. The van der Waals surface area contributed by atoms with Gasteiger partial charge in [-0.3, -0.25) is 14.4 Å². The number of nitrogens with one attached hydrogen (secondary N) is 1. The molecule has 1 N–H and O–H groups in total. The summed E-state index contributed by atoms with van der Waals surface area (Å²) in [7, 11) is 0. The molecule has 3 rings (SSSR count). The quantitative estimate of drug-likeness (QED) is 0.822. The van der Waals surface area contributed by atoms with Crippen LogP contribution in [-0.2, 0) is 9.59 Å². The standard InChI is InChI=1S/C22H30FN3O3/c1-4-11-26-20(28)18(14-15(2)3)24-21(29)22(26)9-12-25(13-10-22)19(27)16-5-7-17(23)8-6-16/h5-8,15,18H,4,9-14H2,1-3H3,(H,24,29). The van der Waals surface area contributed by atoms with E-state index in [-0.39, 0.29) is 23.5 Å². The van der Waals surface area contributed by atoms with Crippen LogP contribution in [0, 0.1) is 11.7 Å². The van der Waals surface area contributed by atoms with Crippen molar-refractivity contribution in [3.8, 4) is 0 Å². The van der Waals surface area contributed by atoms with Crippen molar-refractivity contribution in [3.63, 3.8) is 0 Å². The number of carbonyl (C=O) groups is 3. The van der Waals surface area contributed by atoms with E-state index in [1.54, 1.807) is 9.80 Å². The van der Waals surface area contributed by atoms with Crippen molar-refractivity contribution in [2.75, 3.05) is 19.6 Å². The lowest BCUT2D eigenvalue weighted by Crippen LogP contribution is -2.73. The van der Waals surface area contributed by atoms with Gasteiger partial charge in [-0.2, -0.15) is 0 Å². The Morgan fingerprint density at radius 3 is 2.38 bits per heavy atom. The molecule has 1 spiro atoms. The van der Waals surface area contributed by atoms with E-state index in [4.69, 9.17) is 0 Å². The number of nitrogens with zero attached hydrogens (tertiary/aromatic N) is 2. The smallest absolute Gasteiger partial charge is 0.253 e. The zero-order chi connectivity index (χ0) is 21.2. The number of piperidine rings is 1. The second-order valence-corrected chi connectivity index (χ2v) is 8.48. The van der Waals surface area contributed by atoms with Crippen molar-refractivity contribution >= 4 is 17.7 Å². The Morgan fingerprint density at radius 1 is 1.21 bits per heavy atom. The van der Waals surface area contributed by atoms with Crippen LogP contribution in [-0.4, -0.2) is 58.7 Å². The molecule has 1 atom stereocenters. The van der Waals surface area contributed by atoms with Crippen LogP contribution in [0.1, 0.15) is 56.8 Å². The molecule has 1 aromatic rings. The lowest BCUT2D eigenvalue weighted by Gasteiger charge is -2.51. The van der Waals surface area contributed by atoms with E-state index in [2.05, 4.69) is 5.32 Å². The molecule has 1 aromatic carbocycles. The number of halogens is 1. The lowest BCUT2D eigenvalue weighted by molar-refractivity contribution is -0.161. The molecule has 6 nitrogen and oxygen atoms in total. The van der Waals surface area contributed by atoms with Gasteiger partial charge in [0.1, 0.15) is 17.4 Å². The maximum atomic E-state index is 13.1. The van der Waals surface area contributed by atoms with Gasteiger partial charge in [-0.05, 0) is 55.9 Å². The molecular weight excluding hydrogens is 373 g/mol. The van der Waals surface area contributed by atoms with E-state index in [1.165, 1.54) is 24.3 Å². The minimum Gasteiger partial charge on any atom is -0.342 e. The highest BCUT2D eigenvalue weighted by Gasteiger charge is 2.53. The number of benzene rings is 1. The van der Waals surface area contributed by atoms with Crippen LogP contribution in [0.3, 0.4) is 0 Å². The third kappa shape index (κ3) is 4.14. The van der Waals surface area contributed by atoms with Crippen LogP contribution in [0.15, 0.2) is 24.3 Å². The molecule has 0 bridgehead atoms. The highest BCUT2D eigenvalue weighted by Crippen LogP contribution is 2.34. The minimum absolute atomic E-state index is 0.0153. The zero-order valence-electron chi connectivity index (χ0n) is 17.4. The molecule has 29 heavy (non-hydrogen) atoms. The average molecular weight is 403 g/mol. The van der Waals surface area contributed by atoms with Gasteiger partial charge in [0, 0.05) is 25.2 Å². The Labute approximate surface area is 171 Å². The van der Waals surface area contributed by atoms with Crippen LogP contribution in [0.25, 0.3) is 0 Å². The summed E-state index contributed by atoms with van der Waals surface area (Å²) < 4.78 is 13.1. The molecule has 2 heterocycles. The number of likely N-dealkylation sites (tertiary alicyclic amines) is 1. The Morgan fingerprint density at radius 2 is 1.83 bits per heavy atom. The fraction of sp³-hybridized carbons (Fsp3) is 0.591. The van der Waals surface area contributed by atoms with Gasteiger partial charge in [-0.25, -0.2) is 4.39 Å². The number of rotatable bonds is 5. The van der Waals surface area contributed by atoms with Gasteiger partial charge in [0.25, 0.3) is 5.91 Å². The molecule has 0 aliphatic carbocycles. The molecule has 2 saturated heterocycles. The summed E-state index contributed by atoms with van der Waals surface area (Å²) in [5.74, 6) is -0.384. The summed E-state index contributed by atoms with van der Waals surface area (Å²) in [5, 5.41) is 2.95. The van der Waals surface area contributed by atoms with Crippen molar-refractivity contribution in [2.24, 2.45) is 5.92 Å². The monoisotopic (exact) mass is 403 g/mol. The molecule has 158 valence electrons. The number of carbonyl (C=O) groups excluding carboxylic acids is 3. The summed E-state index contributed by atoms with van der Waals surface area (Å²) in [6, 6.07) is 5.00. The van der Waals surface area contributed by atoms with Crippen LogP contribution in [0.2, 0.25) is 0 Å². The molecule has 0 aromatic heterocycles. The van der Waals surface area contributed by atoms with Crippen molar-refractivity contribution in [1.29, 1.82) is 0 Å². The van der Waals surface area contributed by atoms with Crippen molar-refractivity contribution in [2.45, 2.75) is 58.0 Å². The average Bonchev–Trinajstić information content (AvgIpc) is 2.70. The third-order valence-electron chi connectivity index (χ3n) is 5.93. The van der Waals surface area contributed by atoms with Crippen molar-refractivity contribution in [3.05, 3.63) is 35.6 Å². The SMILES string of the molecule is CCCN1C(=O)C(CC(C)C)NC(=O)C12CCN(C(=O)c1ccc(F)cc1)CC2. The topological polar surface area (TPSA) is 69.7 Å². The molecule has 0 saturated carbocycles. The van der Waals surface area contributed by atoms with Gasteiger partial charge in [0.2, 0.25) is 11.8 Å². The van der Waals surface area contributed by atoms with Crippen LogP contribution >= 0.6 is 0 Å². The van der Waals surface area contributed by atoms with Gasteiger partial charge in [-0.15, -0.1) is 0 Å². The van der Waals surface area contributed by atoms with Gasteiger partial charge >= 0.3 is 0 Å². The number of piperazine rings is 1. The Bertz CT molecular complexity index is 770. The number of hydrogen-bond acceptors (Lipinski definition) is 3. The number of hydrogen-bond donors (Lipinski definition) is 1. The van der Waals surface area contributed by atoms with E-state index >= 15 is 0 Å². The molecule has 2 fully saturated rings. The first-order chi connectivity index (χ1) is 13.8. The molecule has 7 heteroatoms. The van der Waals surface area contributed by atoms with E-state index in [0.717, 1.165) is 6.42 Å². The summed E-state index contributed by atoms with van der Waals surface area (Å²) >= 11 is 0. The zero-order valence-corrected chi connectivity index (χ0v) is 17.4. The predicted molar refractivity (Wildman–Crippen MR) is 108 cm³/mol. The van der Waals surface area contributed by atoms with Gasteiger partial charge < -0.3 is 15.1 Å². The Kier molecular flexibility index (Phi) is 6.24.